The molecule has 31 heavy (non-hydrogen) atoms. The van der Waals surface area contributed by atoms with Crippen LogP contribution >= 0.6 is 11.6 Å². The standard InChI is InChI=1S/C23H31ClN4O3/c1-16(2)27-20(15-22(30)28(17(3)4)23(27)31)25-10-5-11-26(13-12-25)21(29)14-18-6-8-19(24)9-7-18/h6-9,15-17H,5,10-14H2,1-4H3. The van der Waals surface area contributed by atoms with Crippen LogP contribution in [0.3, 0.4) is 0 Å². The summed E-state index contributed by atoms with van der Waals surface area (Å²) < 4.78 is 2.98. The normalized spacial score (nSPS) is 14.9. The van der Waals surface area contributed by atoms with Crippen molar-refractivity contribution in [2.45, 2.75) is 52.6 Å². The summed E-state index contributed by atoms with van der Waals surface area (Å²) >= 11 is 5.93. The van der Waals surface area contributed by atoms with E-state index in [1.165, 1.54) is 4.57 Å². The molecule has 0 bridgehead atoms. The second kappa shape index (κ2) is 9.73. The second-order valence-electron chi connectivity index (χ2n) is 8.58. The van der Waals surface area contributed by atoms with E-state index in [1.54, 1.807) is 22.8 Å². The summed E-state index contributed by atoms with van der Waals surface area (Å²) in [6.45, 7) is 10.0. The quantitative estimate of drug-likeness (QED) is 0.707. The summed E-state index contributed by atoms with van der Waals surface area (Å²) in [5.41, 5.74) is 0.362. The Balaban J connectivity index is 1.80. The Bertz CT molecular complexity index is 1040. The molecule has 0 atom stereocenters. The van der Waals surface area contributed by atoms with Gasteiger partial charge in [0.15, 0.2) is 0 Å². The van der Waals surface area contributed by atoms with Crippen molar-refractivity contribution in [2.75, 3.05) is 31.1 Å². The molecule has 0 spiro atoms. The van der Waals surface area contributed by atoms with E-state index in [1.807, 2.05) is 44.7 Å². The van der Waals surface area contributed by atoms with Gasteiger partial charge in [-0.15, -0.1) is 0 Å². The van der Waals surface area contributed by atoms with Crippen molar-refractivity contribution in [3.05, 3.63) is 61.8 Å². The summed E-state index contributed by atoms with van der Waals surface area (Å²) in [4.78, 5) is 42.4. The van der Waals surface area contributed by atoms with Gasteiger partial charge in [-0.1, -0.05) is 23.7 Å². The highest BCUT2D eigenvalue weighted by atomic mass is 35.5. The molecular weight excluding hydrogens is 416 g/mol. The molecule has 7 nitrogen and oxygen atoms in total. The lowest BCUT2D eigenvalue weighted by molar-refractivity contribution is -0.130. The van der Waals surface area contributed by atoms with Gasteiger partial charge in [0.2, 0.25) is 5.91 Å². The summed E-state index contributed by atoms with van der Waals surface area (Å²) in [6.07, 6.45) is 1.10. The van der Waals surface area contributed by atoms with Gasteiger partial charge in [-0.3, -0.25) is 18.7 Å². The number of rotatable bonds is 5. The van der Waals surface area contributed by atoms with E-state index in [0.29, 0.717) is 43.4 Å². The Hall–Kier alpha value is -2.54. The van der Waals surface area contributed by atoms with Crippen LogP contribution in [0.1, 0.15) is 51.8 Å². The number of carbonyl (C=O) groups excluding carboxylic acids is 1. The first-order valence-electron chi connectivity index (χ1n) is 10.8. The van der Waals surface area contributed by atoms with Crippen LogP contribution in [0.5, 0.6) is 0 Å². The van der Waals surface area contributed by atoms with E-state index in [4.69, 9.17) is 11.6 Å². The Morgan fingerprint density at radius 1 is 0.935 bits per heavy atom. The number of hydrogen-bond donors (Lipinski definition) is 0. The van der Waals surface area contributed by atoms with Gasteiger partial charge in [-0.25, -0.2) is 4.79 Å². The molecule has 8 heteroatoms. The van der Waals surface area contributed by atoms with Crippen LogP contribution in [-0.4, -0.2) is 46.1 Å². The third-order valence-corrected chi connectivity index (χ3v) is 5.87. The zero-order chi connectivity index (χ0) is 22.7. The predicted octanol–water partition coefficient (Wildman–Crippen LogP) is 3.11. The molecular formula is C23H31ClN4O3. The van der Waals surface area contributed by atoms with E-state index in [0.717, 1.165) is 12.0 Å². The Kier molecular flexibility index (Phi) is 7.26. The van der Waals surface area contributed by atoms with Crippen molar-refractivity contribution < 1.29 is 4.79 Å². The van der Waals surface area contributed by atoms with Gasteiger partial charge in [0, 0.05) is 49.4 Å². The van der Waals surface area contributed by atoms with E-state index in [2.05, 4.69) is 4.90 Å². The van der Waals surface area contributed by atoms with Crippen LogP contribution in [0.2, 0.25) is 5.02 Å². The smallest absolute Gasteiger partial charge is 0.333 e. The van der Waals surface area contributed by atoms with Crippen molar-refractivity contribution in [1.29, 1.82) is 0 Å². The highest BCUT2D eigenvalue weighted by Gasteiger charge is 2.24. The zero-order valence-corrected chi connectivity index (χ0v) is 19.4. The Labute approximate surface area is 187 Å². The Morgan fingerprint density at radius 2 is 1.58 bits per heavy atom. The number of amides is 1. The zero-order valence-electron chi connectivity index (χ0n) is 18.7. The number of halogens is 1. The van der Waals surface area contributed by atoms with Gasteiger partial charge in [0.25, 0.3) is 5.56 Å². The van der Waals surface area contributed by atoms with Crippen LogP contribution in [0.15, 0.2) is 39.9 Å². The molecule has 0 radical (unpaired) electrons. The number of nitrogens with zero attached hydrogens (tertiary/aromatic N) is 4. The van der Waals surface area contributed by atoms with E-state index < -0.39 is 0 Å². The minimum Gasteiger partial charge on any atom is -0.356 e. The van der Waals surface area contributed by atoms with Gasteiger partial charge >= 0.3 is 5.69 Å². The molecule has 168 valence electrons. The molecule has 3 rings (SSSR count). The molecule has 1 aromatic carbocycles. The maximum atomic E-state index is 13.0. The molecule has 1 aromatic heterocycles. The number of hydrogen-bond acceptors (Lipinski definition) is 4. The number of anilines is 1. The maximum Gasteiger partial charge on any atom is 0.333 e. The van der Waals surface area contributed by atoms with Crippen LogP contribution in [-0.2, 0) is 11.2 Å². The monoisotopic (exact) mass is 446 g/mol. The summed E-state index contributed by atoms with van der Waals surface area (Å²) in [6, 6.07) is 8.60. The maximum absolute atomic E-state index is 13.0. The largest absolute Gasteiger partial charge is 0.356 e. The first kappa shape index (κ1) is 23.1. The SMILES string of the molecule is CC(C)n1c(N2CCCN(C(=O)Cc3ccc(Cl)cc3)CC2)cc(=O)n(C(C)C)c1=O. The first-order chi connectivity index (χ1) is 14.7. The molecule has 0 unspecified atom stereocenters. The predicted molar refractivity (Wildman–Crippen MR) is 124 cm³/mol. The minimum absolute atomic E-state index is 0.0700. The highest BCUT2D eigenvalue weighted by Crippen LogP contribution is 2.19. The van der Waals surface area contributed by atoms with Gasteiger partial charge < -0.3 is 9.80 Å². The molecule has 1 saturated heterocycles. The molecule has 0 saturated carbocycles. The van der Waals surface area contributed by atoms with Crippen molar-refractivity contribution in [3.8, 4) is 0 Å². The van der Waals surface area contributed by atoms with Crippen LogP contribution in [0, 0.1) is 0 Å². The lowest BCUT2D eigenvalue weighted by Gasteiger charge is -2.28. The van der Waals surface area contributed by atoms with Gasteiger partial charge in [-0.05, 0) is 51.8 Å². The van der Waals surface area contributed by atoms with Crippen molar-refractivity contribution in [1.82, 2.24) is 14.0 Å². The summed E-state index contributed by atoms with van der Waals surface area (Å²) in [5.74, 6) is 0.703. The van der Waals surface area contributed by atoms with Gasteiger partial charge in [-0.2, -0.15) is 0 Å². The summed E-state index contributed by atoms with van der Waals surface area (Å²) in [5, 5.41) is 0.650. The lowest BCUT2D eigenvalue weighted by Crippen LogP contribution is -2.45. The number of benzene rings is 1. The molecule has 1 fully saturated rings. The van der Waals surface area contributed by atoms with Crippen molar-refractivity contribution in [3.63, 3.8) is 0 Å². The van der Waals surface area contributed by atoms with E-state index >= 15 is 0 Å². The molecule has 0 aliphatic carbocycles. The highest BCUT2D eigenvalue weighted by molar-refractivity contribution is 6.30. The van der Waals surface area contributed by atoms with Crippen molar-refractivity contribution >= 4 is 23.3 Å². The fourth-order valence-corrected chi connectivity index (χ4v) is 4.17. The third kappa shape index (κ3) is 5.21. The first-order valence-corrected chi connectivity index (χ1v) is 11.2. The molecule has 1 amide bonds. The lowest BCUT2D eigenvalue weighted by atomic mass is 10.1. The number of carbonyl (C=O) groups is 1. The van der Waals surface area contributed by atoms with Gasteiger partial charge in [0.05, 0.1) is 6.42 Å². The average Bonchev–Trinajstić information content (AvgIpc) is 2.95. The average molecular weight is 447 g/mol. The fraction of sp³-hybridized carbons (Fsp3) is 0.522. The topological polar surface area (TPSA) is 67.5 Å². The van der Waals surface area contributed by atoms with Gasteiger partial charge in [0.1, 0.15) is 5.82 Å². The van der Waals surface area contributed by atoms with Crippen LogP contribution in [0.25, 0.3) is 0 Å². The van der Waals surface area contributed by atoms with Crippen molar-refractivity contribution in [2.24, 2.45) is 0 Å². The third-order valence-electron chi connectivity index (χ3n) is 5.62. The molecule has 0 N–H and O–H groups in total. The number of aromatic nitrogens is 2. The van der Waals surface area contributed by atoms with Crippen LogP contribution < -0.4 is 16.1 Å². The molecule has 1 aliphatic heterocycles. The second-order valence-corrected chi connectivity index (χ2v) is 9.01. The van der Waals surface area contributed by atoms with Crippen LogP contribution in [0.4, 0.5) is 5.82 Å². The summed E-state index contributed by atoms with van der Waals surface area (Å²) in [7, 11) is 0. The Morgan fingerprint density at radius 3 is 2.19 bits per heavy atom. The molecule has 1 aliphatic rings. The van der Waals surface area contributed by atoms with E-state index in [9.17, 15) is 14.4 Å². The minimum atomic E-state index is -0.285. The molecule has 2 aromatic rings. The molecule has 2 heterocycles. The fourth-order valence-electron chi connectivity index (χ4n) is 4.05. The van der Waals surface area contributed by atoms with E-state index in [-0.39, 0.29) is 29.2 Å².